The van der Waals surface area contributed by atoms with Gasteiger partial charge < -0.3 is 28.8 Å². The summed E-state index contributed by atoms with van der Waals surface area (Å²) in [5.41, 5.74) is 0. The van der Waals surface area contributed by atoms with Gasteiger partial charge in [0.2, 0.25) is 0 Å². The maximum absolute atomic E-state index is 9.22. The van der Waals surface area contributed by atoms with Crippen molar-refractivity contribution in [1.82, 2.24) is 0 Å². The van der Waals surface area contributed by atoms with Crippen LogP contribution in [-0.4, -0.2) is 70.9 Å². The Morgan fingerprint density at radius 3 is 1.81 bits per heavy atom. The maximum Gasteiger partial charge on any atom is 0.186 e. The molecule has 1 fully saturated rings. The first kappa shape index (κ1) is 13.8. The standard InChI is InChI=1S/C10H20O6/c1-12-7-6(5-11)16-10(15-4)9(14-3)8(7)13-2/h6-11H,5H2,1-4H3/t6-,7-,8+,9-,10-/m1/s1. The first-order valence-corrected chi connectivity index (χ1v) is 5.11. The molecule has 1 aliphatic heterocycles. The van der Waals surface area contributed by atoms with Crippen LogP contribution in [0.1, 0.15) is 0 Å². The molecule has 5 atom stereocenters. The number of ether oxygens (including phenoxy) is 5. The minimum atomic E-state index is -0.571. The van der Waals surface area contributed by atoms with Crippen LogP contribution >= 0.6 is 0 Å². The third kappa shape index (κ3) is 2.53. The maximum atomic E-state index is 9.22. The number of aliphatic hydroxyl groups is 1. The molecule has 1 saturated heterocycles. The van der Waals surface area contributed by atoms with E-state index in [2.05, 4.69) is 0 Å². The summed E-state index contributed by atoms with van der Waals surface area (Å²) in [5.74, 6) is 0. The Morgan fingerprint density at radius 2 is 1.44 bits per heavy atom. The van der Waals surface area contributed by atoms with Crippen molar-refractivity contribution in [2.24, 2.45) is 0 Å². The molecule has 1 rings (SSSR count). The van der Waals surface area contributed by atoms with Gasteiger partial charge in [-0.25, -0.2) is 0 Å². The number of aliphatic hydroxyl groups excluding tert-OH is 1. The zero-order valence-corrected chi connectivity index (χ0v) is 10.1. The Balaban J connectivity index is 2.85. The van der Waals surface area contributed by atoms with E-state index in [9.17, 15) is 5.11 Å². The van der Waals surface area contributed by atoms with Crippen LogP contribution in [0, 0.1) is 0 Å². The van der Waals surface area contributed by atoms with Gasteiger partial charge in [0, 0.05) is 28.4 Å². The Kier molecular flexibility index (Phi) is 5.60. The summed E-state index contributed by atoms with van der Waals surface area (Å²) in [7, 11) is 6.18. The lowest BCUT2D eigenvalue weighted by atomic mass is 9.98. The van der Waals surface area contributed by atoms with Gasteiger partial charge >= 0.3 is 0 Å². The summed E-state index contributed by atoms with van der Waals surface area (Å²) >= 11 is 0. The van der Waals surface area contributed by atoms with Crippen LogP contribution < -0.4 is 0 Å². The van der Waals surface area contributed by atoms with Gasteiger partial charge in [0.1, 0.15) is 24.4 Å². The van der Waals surface area contributed by atoms with Gasteiger partial charge in [0.15, 0.2) is 6.29 Å². The van der Waals surface area contributed by atoms with E-state index in [1.165, 1.54) is 7.11 Å². The summed E-state index contributed by atoms with van der Waals surface area (Å²) in [6.07, 6.45) is -2.16. The minimum absolute atomic E-state index is 0.158. The van der Waals surface area contributed by atoms with Crippen molar-refractivity contribution in [2.75, 3.05) is 35.0 Å². The molecule has 0 aromatic rings. The number of hydrogen-bond donors (Lipinski definition) is 1. The highest BCUT2D eigenvalue weighted by molar-refractivity contribution is 4.91. The van der Waals surface area contributed by atoms with E-state index in [1.807, 2.05) is 0 Å². The van der Waals surface area contributed by atoms with Crippen LogP contribution in [0.15, 0.2) is 0 Å². The lowest BCUT2D eigenvalue weighted by Gasteiger charge is -2.43. The smallest absolute Gasteiger partial charge is 0.186 e. The fraction of sp³-hybridized carbons (Fsp3) is 1.00. The molecule has 0 aliphatic carbocycles. The molecule has 0 bridgehead atoms. The zero-order chi connectivity index (χ0) is 12.1. The number of rotatable bonds is 5. The molecule has 0 unspecified atom stereocenters. The van der Waals surface area contributed by atoms with E-state index in [1.54, 1.807) is 21.3 Å². The molecule has 1 aliphatic rings. The fourth-order valence-electron chi connectivity index (χ4n) is 2.02. The predicted molar refractivity (Wildman–Crippen MR) is 55.1 cm³/mol. The lowest BCUT2D eigenvalue weighted by Crippen LogP contribution is -2.60. The molecule has 0 spiro atoms. The predicted octanol–water partition coefficient (Wildman–Crippen LogP) is -0.605. The molecule has 16 heavy (non-hydrogen) atoms. The molecular weight excluding hydrogens is 216 g/mol. The van der Waals surface area contributed by atoms with Gasteiger partial charge in [-0.2, -0.15) is 0 Å². The highest BCUT2D eigenvalue weighted by Gasteiger charge is 2.46. The lowest BCUT2D eigenvalue weighted by molar-refractivity contribution is -0.306. The SMILES string of the molecule is CO[C@@H]1O[C@H](CO)[C@@H](OC)[C@H](OC)[C@H]1OC. The Labute approximate surface area is 95.4 Å². The topological polar surface area (TPSA) is 66.4 Å². The van der Waals surface area contributed by atoms with E-state index < -0.39 is 12.4 Å². The van der Waals surface area contributed by atoms with Crippen molar-refractivity contribution in [3.8, 4) is 0 Å². The summed E-state index contributed by atoms with van der Waals surface area (Å²) in [6, 6.07) is 0. The Morgan fingerprint density at radius 1 is 0.875 bits per heavy atom. The minimum Gasteiger partial charge on any atom is -0.394 e. The molecular formula is C10H20O6. The average Bonchev–Trinajstić information content (AvgIpc) is 2.35. The molecule has 6 nitrogen and oxygen atoms in total. The molecule has 6 heteroatoms. The van der Waals surface area contributed by atoms with Crippen molar-refractivity contribution >= 4 is 0 Å². The third-order valence-corrected chi connectivity index (χ3v) is 2.82. The van der Waals surface area contributed by atoms with Gasteiger partial charge in [0.05, 0.1) is 6.61 Å². The quantitative estimate of drug-likeness (QED) is 0.687. The second-order valence-corrected chi connectivity index (χ2v) is 3.56. The van der Waals surface area contributed by atoms with Crippen molar-refractivity contribution in [3.63, 3.8) is 0 Å². The number of hydrogen-bond acceptors (Lipinski definition) is 6. The van der Waals surface area contributed by atoms with Gasteiger partial charge in [-0.3, -0.25) is 0 Å². The van der Waals surface area contributed by atoms with Gasteiger partial charge in [-0.1, -0.05) is 0 Å². The third-order valence-electron chi connectivity index (χ3n) is 2.82. The van der Waals surface area contributed by atoms with Crippen LogP contribution in [0.2, 0.25) is 0 Å². The van der Waals surface area contributed by atoms with Crippen LogP contribution in [0.5, 0.6) is 0 Å². The van der Waals surface area contributed by atoms with Crippen LogP contribution in [0.3, 0.4) is 0 Å². The summed E-state index contributed by atoms with van der Waals surface area (Å²) in [4.78, 5) is 0. The molecule has 1 N–H and O–H groups in total. The van der Waals surface area contributed by atoms with Crippen LogP contribution in [0.25, 0.3) is 0 Å². The van der Waals surface area contributed by atoms with E-state index in [-0.39, 0.29) is 24.9 Å². The first-order valence-electron chi connectivity index (χ1n) is 5.11. The van der Waals surface area contributed by atoms with E-state index in [0.717, 1.165) is 0 Å². The van der Waals surface area contributed by atoms with Crippen molar-refractivity contribution < 1.29 is 28.8 Å². The van der Waals surface area contributed by atoms with E-state index >= 15 is 0 Å². The van der Waals surface area contributed by atoms with Crippen molar-refractivity contribution in [1.29, 1.82) is 0 Å². The second kappa shape index (κ2) is 6.48. The summed E-state index contributed by atoms with van der Waals surface area (Å²) in [6.45, 7) is -0.158. The Hall–Kier alpha value is -0.240. The highest BCUT2D eigenvalue weighted by Crippen LogP contribution is 2.27. The van der Waals surface area contributed by atoms with Crippen LogP contribution in [0.4, 0.5) is 0 Å². The fourth-order valence-corrected chi connectivity index (χ4v) is 2.02. The molecule has 0 amide bonds. The second-order valence-electron chi connectivity index (χ2n) is 3.56. The van der Waals surface area contributed by atoms with Crippen molar-refractivity contribution in [3.05, 3.63) is 0 Å². The molecule has 96 valence electrons. The largest absolute Gasteiger partial charge is 0.394 e. The summed E-state index contributed by atoms with van der Waals surface area (Å²) in [5, 5.41) is 9.22. The normalized spacial score (nSPS) is 39.9. The molecule has 1 heterocycles. The molecule has 0 radical (unpaired) electrons. The van der Waals surface area contributed by atoms with Crippen molar-refractivity contribution in [2.45, 2.75) is 30.7 Å². The molecule has 0 saturated carbocycles. The van der Waals surface area contributed by atoms with Crippen LogP contribution in [-0.2, 0) is 23.7 Å². The Bertz CT molecular complexity index is 182. The van der Waals surface area contributed by atoms with E-state index in [4.69, 9.17) is 23.7 Å². The highest BCUT2D eigenvalue weighted by atomic mass is 16.7. The molecule has 0 aromatic carbocycles. The average molecular weight is 236 g/mol. The summed E-state index contributed by atoms with van der Waals surface area (Å²) < 4.78 is 26.6. The van der Waals surface area contributed by atoms with Gasteiger partial charge in [-0.05, 0) is 0 Å². The molecule has 0 aromatic heterocycles. The van der Waals surface area contributed by atoms with Gasteiger partial charge in [0.25, 0.3) is 0 Å². The van der Waals surface area contributed by atoms with Gasteiger partial charge in [-0.15, -0.1) is 0 Å². The van der Waals surface area contributed by atoms with E-state index in [0.29, 0.717) is 0 Å². The first-order chi connectivity index (χ1) is 7.73. The zero-order valence-electron chi connectivity index (χ0n) is 10.1. The number of methoxy groups -OCH3 is 4. The monoisotopic (exact) mass is 236 g/mol.